The van der Waals surface area contributed by atoms with Crippen molar-refractivity contribution in [3.8, 4) is 0 Å². The molecule has 3 saturated carbocycles. The molecular weight excluding hydrogens is 691 g/mol. The molecule has 0 saturated heterocycles. The maximum Gasteiger partial charge on any atom is 0.0612 e. The first-order chi connectivity index (χ1) is 27.6. The monoisotopic (exact) mass is 790 g/mol. The Hall–Kier alpha value is -0.860. The van der Waals surface area contributed by atoms with Crippen LogP contribution in [0.25, 0.3) is 0 Å². The van der Waals surface area contributed by atoms with Crippen molar-refractivity contribution in [2.45, 2.75) is 234 Å². The van der Waals surface area contributed by atoms with E-state index in [9.17, 15) is 0 Å². The van der Waals surface area contributed by atoms with Crippen molar-refractivity contribution in [2.75, 3.05) is 27.2 Å². The second-order valence-electron chi connectivity index (χ2n) is 21.7. The van der Waals surface area contributed by atoms with Gasteiger partial charge in [-0.2, -0.15) is 0 Å². The fourth-order valence-corrected chi connectivity index (χ4v) is 13.2. The maximum absolute atomic E-state index is 6.69. The van der Waals surface area contributed by atoms with Crippen LogP contribution in [-0.2, 0) is 4.74 Å². The Kier molecular flexibility index (Phi) is 22.7. The lowest BCUT2D eigenvalue weighted by Gasteiger charge is -2.58. The fraction of sp³-hybridized carbons (Fsp3) is 0.891. The van der Waals surface area contributed by atoms with E-state index in [2.05, 4.69) is 90.9 Å². The average molecular weight is 790 g/mol. The van der Waals surface area contributed by atoms with Crippen molar-refractivity contribution in [3.63, 3.8) is 0 Å². The summed E-state index contributed by atoms with van der Waals surface area (Å²) in [4.78, 5) is 2.43. The van der Waals surface area contributed by atoms with Gasteiger partial charge < -0.3 is 9.64 Å². The Morgan fingerprint density at radius 3 is 2.05 bits per heavy atom. The number of nitrogens with zero attached hydrogens (tertiary/aromatic N) is 1. The summed E-state index contributed by atoms with van der Waals surface area (Å²) >= 11 is 0. The van der Waals surface area contributed by atoms with Gasteiger partial charge in [0.05, 0.1) is 6.10 Å². The summed E-state index contributed by atoms with van der Waals surface area (Å²) < 4.78 is 6.69. The van der Waals surface area contributed by atoms with Crippen LogP contribution in [-0.4, -0.2) is 38.3 Å². The van der Waals surface area contributed by atoms with Crippen LogP contribution in [0.2, 0.25) is 0 Å². The normalized spacial score (nSPS) is 29.9. The first-order valence-corrected chi connectivity index (χ1v) is 25.8. The molecule has 4 aliphatic rings. The van der Waals surface area contributed by atoms with E-state index >= 15 is 0 Å². The maximum atomic E-state index is 6.69. The molecule has 0 aromatic rings. The zero-order valence-electron chi connectivity index (χ0n) is 39.8. The molecule has 0 heterocycles. The summed E-state index contributed by atoms with van der Waals surface area (Å²) in [6.07, 6.45) is 52.6. The Morgan fingerprint density at radius 2 is 1.37 bits per heavy atom. The average Bonchev–Trinajstić information content (AvgIpc) is 3.54. The highest BCUT2D eigenvalue weighted by atomic mass is 16.5. The summed E-state index contributed by atoms with van der Waals surface area (Å²) in [5.41, 5.74) is 2.83. The lowest BCUT2D eigenvalue weighted by Crippen LogP contribution is -2.51. The summed E-state index contributed by atoms with van der Waals surface area (Å²) in [5.74, 6) is 6.38. The predicted octanol–water partition coefficient (Wildman–Crippen LogP) is 16.7. The number of ether oxygens (including phenoxy) is 1. The molecule has 0 N–H and O–H groups in total. The Labute approximate surface area is 357 Å². The van der Waals surface area contributed by atoms with Crippen LogP contribution in [0.3, 0.4) is 0 Å². The predicted molar refractivity (Wildman–Crippen MR) is 252 cm³/mol. The van der Waals surface area contributed by atoms with Gasteiger partial charge >= 0.3 is 0 Å². The first kappa shape index (κ1) is 48.8. The fourth-order valence-electron chi connectivity index (χ4n) is 13.2. The van der Waals surface area contributed by atoms with E-state index < -0.39 is 0 Å². The largest absolute Gasteiger partial charge is 0.378 e. The number of fused-ring (bicyclic) bond motifs is 5. The van der Waals surface area contributed by atoms with Gasteiger partial charge in [-0.05, 0) is 169 Å². The van der Waals surface area contributed by atoms with Crippen LogP contribution in [0.1, 0.15) is 228 Å². The van der Waals surface area contributed by atoms with Gasteiger partial charge in [0.1, 0.15) is 0 Å². The van der Waals surface area contributed by atoms with Crippen molar-refractivity contribution in [3.05, 3.63) is 36.0 Å². The number of unbranched alkanes of at least 4 members (excludes halogenated alkanes) is 12. The van der Waals surface area contributed by atoms with Crippen molar-refractivity contribution >= 4 is 0 Å². The number of hydrogen-bond donors (Lipinski definition) is 0. The van der Waals surface area contributed by atoms with Gasteiger partial charge in [0.15, 0.2) is 0 Å². The van der Waals surface area contributed by atoms with Crippen molar-refractivity contribution in [1.82, 2.24) is 4.90 Å². The van der Waals surface area contributed by atoms with E-state index in [4.69, 9.17) is 4.74 Å². The minimum Gasteiger partial charge on any atom is -0.378 e. The zero-order chi connectivity index (χ0) is 40.9. The van der Waals surface area contributed by atoms with E-state index in [-0.39, 0.29) is 0 Å². The Bertz CT molecular complexity index is 1150. The molecule has 9 atom stereocenters. The highest BCUT2D eigenvalue weighted by Gasteiger charge is 2.59. The lowest BCUT2D eigenvalue weighted by atomic mass is 9.47. The van der Waals surface area contributed by atoms with E-state index in [1.807, 2.05) is 0 Å². The molecular formula is C55H99NO. The van der Waals surface area contributed by atoms with Crippen molar-refractivity contribution < 1.29 is 4.74 Å². The van der Waals surface area contributed by atoms with E-state index in [1.165, 1.54) is 186 Å². The number of hydrogen-bond acceptors (Lipinski definition) is 2. The zero-order valence-corrected chi connectivity index (χ0v) is 39.8. The van der Waals surface area contributed by atoms with Crippen molar-refractivity contribution in [1.29, 1.82) is 0 Å². The second kappa shape index (κ2) is 26.5. The van der Waals surface area contributed by atoms with Crippen LogP contribution in [0.5, 0.6) is 0 Å². The highest BCUT2D eigenvalue weighted by Crippen LogP contribution is 2.67. The van der Waals surface area contributed by atoms with E-state index in [0.29, 0.717) is 16.9 Å². The van der Waals surface area contributed by atoms with Crippen LogP contribution < -0.4 is 0 Å². The molecule has 57 heavy (non-hydrogen) atoms. The molecule has 0 aromatic carbocycles. The molecule has 0 spiro atoms. The standard InChI is InChI=1S/C55H99NO/c1-9-10-11-12-13-14-15-16-17-18-19-20-21-22-23-24-25-26-32-47(44-56(7)8)33-27-28-42-57-49-38-40-54(5)48(43-49)34-35-50-52-37-36-51(46(4)31-29-30-45(2)3)55(52,6)41-39-53(50)54/h13-14,16-17,34,45-47,49-53H,9-12,15,18-33,35-44H2,1-8H3/b14-13-,17-16-/t46?,47?,49-,50?,51?,52?,53?,54?,55+/m0/s1. The van der Waals surface area contributed by atoms with Gasteiger partial charge in [0.2, 0.25) is 0 Å². The lowest BCUT2D eigenvalue weighted by molar-refractivity contribution is -0.0641. The molecule has 4 aliphatic carbocycles. The summed E-state index contributed by atoms with van der Waals surface area (Å²) in [7, 11) is 4.54. The highest BCUT2D eigenvalue weighted by molar-refractivity contribution is 5.25. The topological polar surface area (TPSA) is 12.5 Å². The SMILES string of the molecule is CCCCC/C=C\C/C=C\CCCCCCCCCCC(CCCCO[C@H]1CCC2(C)C(=CCC3C2CC[C@]2(C)C(C(C)CCCC(C)C)CCC32)C1)CN(C)C. The summed E-state index contributed by atoms with van der Waals surface area (Å²) in [6.45, 7) is 17.4. The summed E-state index contributed by atoms with van der Waals surface area (Å²) in [5, 5.41) is 0. The first-order valence-electron chi connectivity index (χ1n) is 25.8. The van der Waals surface area contributed by atoms with Crippen LogP contribution in [0.4, 0.5) is 0 Å². The Morgan fingerprint density at radius 1 is 0.702 bits per heavy atom. The van der Waals surface area contributed by atoms with Gasteiger partial charge in [0, 0.05) is 13.2 Å². The van der Waals surface area contributed by atoms with E-state index in [0.717, 1.165) is 54.5 Å². The minimum absolute atomic E-state index is 0.437. The Balaban J connectivity index is 1.05. The molecule has 0 bridgehead atoms. The van der Waals surface area contributed by atoms with Crippen LogP contribution >= 0.6 is 0 Å². The molecule has 330 valence electrons. The molecule has 0 radical (unpaired) electrons. The minimum atomic E-state index is 0.437. The van der Waals surface area contributed by atoms with E-state index in [1.54, 1.807) is 5.57 Å². The molecule has 2 heteroatoms. The van der Waals surface area contributed by atoms with Gasteiger partial charge in [-0.1, -0.05) is 161 Å². The smallest absolute Gasteiger partial charge is 0.0612 e. The third kappa shape index (κ3) is 15.8. The molecule has 7 unspecified atom stereocenters. The van der Waals surface area contributed by atoms with Crippen LogP contribution in [0.15, 0.2) is 36.0 Å². The number of allylic oxidation sites excluding steroid dienone is 5. The quantitative estimate of drug-likeness (QED) is 0.0531. The molecule has 2 nitrogen and oxygen atoms in total. The van der Waals surface area contributed by atoms with Crippen molar-refractivity contribution in [2.24, 2.45) is 52.3 Å². The molecule has 0 aliphatic heterocycles. The number of rotatable bonds is 30. The molecule has 3 fully saturated rings. The van der Waals surface area contributed by atoms with Crippen LogP contribution in [0, 0.1) is 52.3 Å². The molecule has 4 rings (SSSR count). The molecule has 0 amide bonds. The third-order valence-electron chi connectivity index (χ3n) is 16.6. The van der Waals surface area contributed by atoms with Gasteiger partial charge in [-0.25, -0.2) is 0 Å². The molecule has 0 aromatic heterocycles. The van der Waals surface area contributed by atoms with Gasteiger partial charge in [0.25, 0.3) is 0 Å². The van der Waals surface area contributed by atoms with Gasteiger partial charge in [-0.3, -0.25) is 0 Å². The van der Waals surface area contributed by atoms with Gasteiger partial charge in [-0.15, -0.1) is 0 Å². The second-order valence-corrected chi connectivity index (χ2v) is 21.7. The third-order valence-corrected chi connectivity index (χ3v) is 16.6. The summed E-state index contributed by atoms with van der Waals surface area (Å²) in [6, 6.07) is 0.